The van der Waals surface area contributed by atoms with E-state index >= 15 is 0 Å². The average Bonchev–Trinajstić information content (AvgIpc) is 2.61. The van der Waals surface area contributed by atoms with Gasteiger partial charge >= 0.3 is 0 Å². The Balaban J connectivity index is 2.11. The van der Waals surface area contributed by atoms with Crippen LogP contribution in [0.5, 0.6) is 0 Å². The molecule has 0 radical (unpaired) electrons. The van der Waals surface area contributed by atoms with Gasteiger partial charge in [-0.05, 0) is 43.7 Å². The number of nitrogens with one attached hydrogen (secondary N) is 2. The van der Waals surface area contributed by atoms with Gasteiger partial charge in [0.05, 0.1) is 22.0 Å². The van der Waals surface area contributed by atoms with Gasteiger partial charge in [0.25, 0.3) is 5.69 Å². The maximum atomic E-state index is 12.3. The molecule has 2 aromatic rings. The molecule has 150 valence electrons. The predicted molar refractivity (Wildman–Crippen MR) is 108 cm³/mol. The van der Waals surface area contributed by atoms with Gasteiger partial charge < -0.3 is 10.6 Å². The van der Waals surface area contributed by atoms with Crippen molar-refractivity contribution in [1.82, 2.24) is 0 Å². The molecule has 0 fully saturated rings. The number of carbonyl (C=O) groups excluding carboxylic acids is 1. The first-order valence-electron chi connectivity index (χ1n) is 8.79. The van der Waals surface area contributed by atoms with Crippen LogP contribution in [0.25, 0.3) is 0 Å². The average molecular weight is 405 g/mol. The lowest BCUT2D eigenvalue weighted by atomic mass is 10.1. The summed E-state index contributed by atoms with van der Waals surface area (Å²) in [5.74, 6) is -0.296. The van der Waals surface area contributed by atoms with Crippen molar-refractivity contribution in [3.8, 4) is 0 Å². The second-order valence-electron chi connectivity index (χ2n) is 6.56. The number of sulfone groups is 1. The van der Waals surface area contributed by atoms with Crippen LogP contribution < -0.4 is 10.6 Å². The molecule has 8 nitrogen and oxygen atoms in total. The van der Waals surface area contributed by atoms with Crippen molar-refractivity contribution in [3.63, 3.8) is 0 Å². The summed E-state index contributed by atoms with van der Waals surface area (Å²) >= 11 is 0. The van der Waals surface area contributed by atoms with Crippen molar-refractivity contribution >= 4 is 32.8 Å². The Morgan fingerprint density at radius 1 is 1.14 bits per heavy atom. The van der Waals surface area contributed by atoms with Gasteiger partial charge in [-0.1, -0.05) is 19.1 Å². The molecule has 0 saturated carbocycles. The van der Waals surface area contributed by atoms with E-state index in [0.29, 0.717) is 16.9 Å². The number of nitro benzene ring substituents is 1. The molecule has 1 amide bonds. The molecule has 0 bridgehead atoms. The van der Waals surface area contributed by atoms with Gasteiger partial charge in [0, 0.05) is 17.8 Å². The smallest absolute Gasteiger partial charge is 0.292 e. The minimum Gasteiger partial charge on any atom is -0.377 e. The maximum Gasteiger partial charge on any atom is 0.292 e. The summed E-state index contributed by atoms with van der Waals surface area (Å²) in [6.07, 6.45) is 0.0520. The summed E-state index contributed by atoms with van der Waals surface area (Å²) in [6.45, 7) is 5.29. The minimum absolute atomic E-state index is 0.0115. The lowest BCUT2D eigenvalue weighted by Gasteiger charge is -2.12. The van der Waals surface area contributed by atoms with Crippen LogP contribution in [0, 0.1) is 10.1 Å². The van der Waals surface area contributed by atoms with Crippen molar-refractivity contribution in [2.75, 3.05) is 16.4 Å². The molecule has 0 atom stereocenters. The molecule has 0 unspecified atom stereocenters. The van der Waals surface area contributed by atoms with Gasteiger partial charge in [-0.25, -0.2) is 8.42 Å². The number of amides is 1. The highest BCUT2D eigenvalue weighted by Crippen LogP contribution is 2.28. The van der Waals surface area contributed by atoms with Crippen molar-refractivity contribution in [2.24, 2.45) is 0 Å². The van der Waals surface area contributed by atoms with E-state index < -0.39 is 14.8 Å². The summed E-state index contributed by atoms with van der Waals surface area (Å²) in [7, 11) is -3.28. The summed E-state index contributed by atoms with van der Waals surface area (Å²) < 4.78 is 23.7. The van der Waals surface area contributed by atoms with E-state index in [1.165, 1.54) is 30.3 Å². The third kappa shape index (κ3) is 5.53. The van der Waals surface area contributed by atoms with E-state index in [1.54, 1.807) is 19.1 Å². The molecular weight excluding hydrogens is 382 g/mol. The molecule has 2 aromatic carbocycles. The number of nitro groups is 1. The number of rotatable bonds is 8. The molecule has 0 aliphatic heterocycles. The summed E-state index contributed by atoms with van der Waals surface area (Å²) in [5, 5.41) is 16.8. The topological polar surface area (TPSA) is 118 Å². The van der Waals surface area contributed by atoms with Crippen LogP contribution in [0.4, 0.5) is 17.1 Å². The molecule has 28 heavy (non-hydrogen) atoms. The standard InChI is InChI=1S/C19H23N3O5S/c1-4-28(26,27)16-8-5-14(6-9-16)11-19(23)21-15-7-10-18(22(24)25)17(12-15)20-13(2)3/h5-10,12-13,20H,4,11H2,1-3H3,(H,21,23). The second-order valence-corrected chi connectivity index (χ2v) is 8.84. The Morgan fingerprint density at radius 2 is 1.79 bits per heavy atom. The Kier molecular flexibility index (Phi) is 6.74. The largest absolute Gasteiger partial charge is 0.377 e. The van der Waals surface area contributed by atoms with Crippen LogP contribution in [0.2, 0.25) is 0 Å². The Morgan fingerprint density at radius 3 is 2.32 bits per heavy atom. The first kappa shape index (κ1) is 21.4. The number of hydrogen-bond acceptors (Lipinski definition) is 6. The van der Waals surface area contributed by atoms with Crippen molar-refractivity contribution < 1.29 is 18.1 Å². The van der Waals surface area contributed by atoms with Crippen molar-refractivity contribution in [2.45, 2.75) is 38.1 Å². The predicted octanol–water partition coefficient (Wildman–Crippen LogP) is 3.39. The van der Waals surface area contributed by atoms with Gasteiger partial charge in [0.2, 0.25) is 5.91 Å². The fourth-order valence-electron chi connectivity index (χ4n) is 2.57. The van der Waals surface area contributed by atoms with Crippen LogP contribution >= 0.6 is 0 Å². The number of hydrogen-bond donors (Lipinski definition) is 2. The third-order valence-electron chi connectivity index (χ3n) is 3.95. The number of nitrogens with zero attached hydrogens (tertiary/aromatic N) is 1. The van der Waals surface area contributed by atoms with E-state index in [2.05, 4.69) is 10.6 Å². The van der Waals surface area contributed by atoms with Gasteiger partial charge in [0.15, 0.2) is 9.84 Å². The van der Waals surface area contributed by atoms with Gasteiger partial charge in [0.1, 0.15) is 5.69 Å². The summed E-state index contributed by atoms with van der Waals surface area (Å²) in [6, 6.07) is 10.5. The number of anilines is 2. The van der Waals surface area contributed by atoms with Gasteiger partial charge in [-0.2, -0.15) is 0 Å². The second kappa shape index (κ2) is 8.83. The van der Waals surface area contributed by atoms with Gasteiger partial charge in [-0.3, -0.25) is 14.9 Å². The molecule has 0 saturated heterocycles. The fraction of sp³-hybridized carbons (Fsp3) is 0.316. The monoisotopic (exact) mass is 405 g/mol. The Hall–Kier alpha value is -2.94. The molecule has 0 aliphatic rings. The molecule has 0 spiro atoms. The van der Waals surface area contributed by atoms with Crippen molar-refractivity contribution in [1.29, 1.82) is 0 Å². The molecule has 0 aliphatic carbocycles. The molecule has 0 aromatic heterocycles. The molecular formula is C19H23N3O5S. The number of carbonyl (C=O) groups is 1. The van der Waals surface area contributed by atoms with Gasteiger partial charge in [-0.15, -0.1) is 0 Å². The molecule has 9 heteroatoms. The van der Waals surface area contributed by atoms with Crippen LogP contribution in [0.3, 0.4) is 0 Å². The highest BCUT2D eigenvalue weighted by molar-refractivity contribution is 7.91. The van der Waals surface area contributed by atoms with E-state index in [-0.39, 0.29) is 34.7 Å². The normalized spacial score (nSPS) is 11.3. The minimum atomic E-state index is -3.28. The zero-order valence-electron chi connectivity index (χ0n) is 15.9. The first-order valence-corrected chi connectivity index (χ1v) is 10.4. The van der Waals surface area contributed by atoms with E-state index in [9.17, 15) is 23.3 Å². The highest BCUT2D eigenvalue weighted by atomic mass is 32.2. The SMILES string of the molecule is CCS(=O)(=O)c1ccc(CC(=O)Nc2ccc([N+](=O)[O-])c(NC(C)C)c2)cc1. The van der Waals surface area contributed by atoms with E-state index in [0.717, 1.165) is 0 Å². The fourth-order valence-corrected chi connectivity index (χ4v) is 3.46. The molecule has 2 N–H and O–H groups in total. The number of benzene rings is 2. The zero-order chi connectivity index (χ0) is 20.9. The first-order chi connectivity index (χ1) is 13.1. The Labute approximate surface area is 164 Å². The molecule has 0 heterocycles. The summed E-state index contributed by atoms with van der Waals surface area (Å²) in [4.78, 5) is 23.2. The third-order valence-corrected chi connectivity index (χ3v) is 5.70. The van der Waals surface area contributed by atoms with E-state index in [4.69, 9.17) is 0 Å². The van der Waals surface area contributed by atoms with Crippen molar-refractivity contribution in [3.05, 3.63) is 58.1 Å². The van der Waals surface area contributed by atoms with Crippen LogP contribution in [-0.4, -0.2) is 31.0 Å². The lowest BCUT2D eigenvalue weighted by Crippen LogP contribution is -2.16. The highest BCUT2D eigenvalue weighted by Gasteiger charge is 2.16. The lowest BCUT2D eigenvalue weighted by molar-refractivity contribution is -0.384. The van der Waals surface area contributed by atoms with Crippen LogP contribution in [0.1, 0.15) is 26.3 Å². The Bertz CT molecular complexity index is 970. The zero-order valence-corrected chi connectivity index (χ0v) is 16.7. The van der Waals surface area contributed by atoms with Crippen LogP contribution in [0.15, 0.2) is 47.4 Å². The van der Waals surface area contributed by atoms with E-state index in [1.807, 2.05) is 13.8 Å². The quantitative estimate of drug-likeness (QED) is 0.513. The van der Waals surface area contributed by atoms with Crippen LogP contribution in [-0.2, 0) is 21.1 Å². The summed E-state index contributed by atoms with van der Waals surface area (Å²) in [5.41, 5.74) is 1.35. The maximum absolute atomic E-state index is 12.3. The molecule has 2 rings (SSSR count).